The number of esters is 9. The first kappa shape index (κ1) is 48.4. The number of hydrogen-bond donors (Lipinski definition) is 1. The molecule has 3 aliphatic heterocycles. The minimum atomic E-state index is -2.03. The van der Waals surface area contributed by atoms with Crippen molar-refractivity contribution in [3.63, 3.8) is 0 Å². The largest absolute Gasteiger partial charge is 0.463 e. The fourth-order valence-electron chi connectivity index (χ4n) is 6.26. The molecule has 3 saturated heterocycles. The summed E-state index contributed by atoms with van der Waals surface area (Å²) < 4.78 is 78.0. The number of hydrogen-bond acceptors (Lipinski definition) is 24. The van der Waals surface area contributed by atoms with Crippen LogP contribution in [0.15, 0.2) is 0 Å². The Balaban J connectivity index is 2.17. The second-order valence-corrected chi connectivity index (χ2v) is 13.2. The lowest BCUT2D eigenvalue weighted by Crippen LogP contribution is -2.65. The predicted molar refractivity (Wildman–Crippen MR) is 181 cm³/mol. The van der Waals surface area contributed by atoms with E-state index >= 15 is 0 Å². The number of aliphatic hydroxyl groups excluding tert-OH is 1. The van der Waals surface area contributed by atoms with E-state index in [0.29, 0.717) is 0 Å². The van der Waals surface area contributed by atoms with Crippen molar-refractivity contribution in [3.05, 3.63) is 0 Å². The first-order valence-electron chi connectivity index (χ1n) is 18.0. The fourth-order valence-corrected chi connectivity index (χ4v) is 6.26. The highest BCUT2D eigenvalue weighted by Crippen LogP contribution is 2.37. The van der Waals surface area contributed by atoms with Crippen LogP contribution in [0.2, 0.25) is 0 Å². The topological polar surface area (TPSA) is 303 Å². The fraction of sp³-hybridized carbons (Fsp3) is 0.743. The quantitative estimate of drug-likeness (QED) is 0.132. The molecular weight excluding hydrogens is 804 g/mol. The second-order valence-electron chi connectivity index (χ2n) is 13.2. The molecule has 0 aromatic heterocycles. The van der Waals surface area contributed by atoms with Gasteiger partial charge in [-0.3, -0.25) is 43.2 Å². The normalized spacial score (nSPS) is 32.6. The SMILES string of the molecule is CC(=O)OC[C@H]1O[C@H](O[C@H]2[C@H](O[C@H]3O[C@H](COC(C)=O)[C@@H](OC(C)=O)[C@H](OC(C)=O)[C@@H]3OC(C)=O)[C@@H](COC(C)=O)O[C@@H]2O)[C@@H](OC(C)=O)[C@@H](OC(C)=O)[C@@H]1OC(C)=O. The molecule has 0 saturated carbocycles. The van der Waals surface area contributed by atoms with Gasteiger partial charge in [0.15, 0.2) is 55.5 Å². The van der Waals surface area contributed by atoms with Gasteiger partial charge in [-0.05, 0) is 0 Å². The van der Waals surface area contributed by atoms with E-state index in [9.17, 15) is 48.3 Å². The minimum absolute atomic E-state index is 0.636. The number of carbonyl (C=O) groups is 9. The van der Waals surface area contributed by atoms with Crippen LogP contribution in [0.5, 0.6) is 0 Å². The zero-order chi connectivity index (χ0) is 44.3. The van der Waals surface area contributed by atoms with Crippen LogP contribution in [0.3, 0.4) is 0 Å². The smallest absolute Gasteiger partial charge is 0.303 e. The highest BCUT2D eigenvalue weighted by Gasteiger charge is 2.59. The summed E-state index contributed by atoms with van der Waals surface area (Å²) in [6, 6.07) is 0. The highest BCUT2D eigenvalue weighted by atomic mass is 16.8. The summed E-state index contributed by atoms with van der Waals surface area (Å²) in [5.41, 5.74) is 0. The van der Waals surface area contributed by atoms with E-state index in [1.807, 2.05) is 0 Å². The summed E-state index contributed by atoms with van der Waals surface area (Å²) in [7, 11) is 0. The van der Waals surface area contributed by atoms with Crippen molar-refractivity contribution in [3.8, 4) is 0 Å². The number of rotatable bonds is 16. The van der Waals surface area contributed by atoms with Crippen molar-refractivity contribution >= 4 is 53.7 Å². The van der Waals surface area contributed by atoms with Gasteiger partial charge in [0.05, 0.1) is 0 Å². The Morgan fingerprint density at radius 1 is 0.356 bits per heavy atom. The van der Waals surface area contributed by atoms with Crippen molar-refractivity contribution in [2.75, 3.05) is 19.8 Å². The first-order chi connectivity index (χ1) is 27.6. The van der Waals surface area contributed by atoms with Crippen molar-refractivity contribution < 1.29 is 115 Å². The van der Waals surface area contributed by atoms with Crippen molar-refractivity contribution in [1.29, 1.82) is 0 Å². The molecule has 0 radical (unpaired) electrons. The van der Waals surface area contributed by atoms with E-state index in [-0.39, 0.29) is 0 Å². The van der Waals surface area contributed by atoms with E-state index in [1.165, 1.54) is 0 Å². The van der Waals surface area contributed by atoms with Crippen LogP contribution in [-0.4, -0.2) is 165 Å². The summed E-state index contributed by atoms with van der Waals surface area (Å²) in [6.07, 6.45) is -23.9. The van der Waals surface area contributed by atoms with Gasteiger partial charge in [-0.2, -0.15) is 0 Å². The Hall–Kier alpha value is -5.01. The van der Waals surface area contributed by atoms with Gasteiger partial charge in [0, 0.05) is 62.3 Å². The maximum absolute atomic E-state index is 12.5. The average Bonchev–Trinajstić information content (AvgIpc) is 3.38. The molecule has 3 heterocycles. The molecule has 0 aliphatic carbocycles. The molecule has 0 bridgehead atoms. The molecule has 59 heavy (non-hydrogen) atoms. The molecule has 0 unspecified atom stereocenters. The first-order valence-corrected chi connectivity index (χ1v) is 18.0. The number of carbonyl (C=O) groups excluding carboxylic acids is 9. The van der Waals surface area contributed by atoms with Gasteiger partial charge in [0.25, 0.3) is 0 Å². The zero-order valence-corrected chi connectivity index (χ0v) is 33.5. The van der Waals surface area contributed by atoms with Crippen LogP contribution < -0.4 is 0 Å². The Morgan fingerprint density at radius 3 is 0.932 bits per heavy atom. The van der Waals surface area contributed by atoms with E-state index in [4.69, 9.17) is 66.3 Å². The Bertz CT molecular complexity index is 1560. The molecule has 3 fully saturated rings. The third-order valence-electron chi connectivity index (χ3n) is 8.22. The van der Waals surface area contributed by atoms with Crippen LogP contribution in [0, 0.1) is 0 Å². The Morgan fingerprint density at radius 2 is 0.627 bits per heavy atom. The molecular formula is C35H48O24. The van der Waals surface area contributed by atoms with Crippen molar-refractivity contribution in [2.24, 2.45) is 0 Å². The van der Waals surface area contributed by atoms with Crippen LogP contribution in [0.4, 0.5) is 0 Å². The van der Waals surface area contributed by atoms with Crippen LogP contribution in [0.25, 0.3) is 0 Å². The third kappa shape index (κ3) is 14.3. The summed E-state index contributed by atoms with van der Waals surface area (Å²) in [5.74, 6) is -8.08. The van der Waals surface area contributed by atoms with E-state index < -0.39 is 160 Å². The molecule has 0 spiro atoms. The van der Waals surface area contributed by atoms with Crippen LogP contribution in [-0.2, 0) is 109 Å². The molecule has 0 amide bonds. The van der Waals surface area contributed by atoms with Gasteiger partial charge in [-0.1, -0.05) is 0 Å². The standard InChI is InChI=1S/C35H48O24/c1-13(36)46-10-22-27(58-34-31(53-20(8)43)28(51-18(6)41)25(49-16(4)39)23(56-34)11-47-14(2)37)30(33(45)55-22)59-35-32(54-21(9)44)29(52-19(7)42)26(50-17(5)40)24(57-35)12-48-15(3)38/h22-35,45H,10-12H2,1-9H3/t22-,23-,24-,25-,26-,27-,28+,29+,30+,31+,32+,33+,34-,35-/m1/s1. The summed E-state index contributed by atoms with van der Waals surface area (Å²) in [4.78, 5) is 110. The van der Waals surface area contributed by atoms with Crippen molar-refractivity contribution in [2.45, 2.75) is 148 Å². The molecule has 3 rings (SSSR count). The monoisotopic (exact) mass is 852 g/mol. The third-order valence-corrected chi connectivity index (χ3v) is 8.22. The lowest BCUT2D eigenvalue weighted by molar-refractivity contribution is -0.345. The lowest BCUT2D eigenvalue weighted by atomic mass is 9.97. The maximum atomic E-state index is 12.5. The van der Waals surface area contributed by atoms with Gasteiger partial charge in [0.2, 0.25) is 0 Å². The number of ether oxygens (including phenoxy) is 14. The van der Waals surface area contributed by atoms with Gasteiger partial charge in [-0.25, -0.2) is 0 Å². The minimum Gasteiger partial charge on any atom is -0.463 e. The van der Waals surface area contributed by atoms with Gasteiger partial charge in [-0.15, -0.1) is 0 Å². The summed E-state index contributed by atoms with van der Waals surface area (Å²) in [6.45, 7) is 7.26. The van der Waals surface area contributed by atoms with Gasteiger partial charge < -0.3 is 71.4 Å². The van der Waals surface area contributed by atoms with Crippen LogP contribution in [0.1, 0.15) is 62.3 Å². The van der Waals surface area contributed by atoms with Gasteiger partial charge in [0.1, 0.15) is 50.3 Å². The zero-order valence-electron chi connectivity index (χ0n) is 33.5. The second kappa shape index (κ2) is 21.8. The number of aliphatic hydroxyl groups is 1. The predicted octanol–water partition coefficient (Wildman–Crippen LogP) is -1.80. The summed E-state index contributed by atoms with van der Waals surface area (Å²) in [5, 5.41) is 11.3. The molecule has 1 N–H and O–H groups in total. The van der Waals surface area contributed by atoms with Crippen LogP contribution >= 0.6 is 0 Å². The van der Waals surface area contributed by atoms with Crippen molar-refractivity contribution in [1.82, 2.24) is 0 Å². The molecule has 14 atom stereocenters. The molecule has 24 heteroatoms. The molecule has 0 aromatic carbocycles. The molecule has 0 aromatic rings. The summed E-state index contributed by atoms with van der Waals surface area (Å²) >= 11 is 0. The molecule has 24 nitrogen and oxygen atoms in total. The lowest BCUT2D eigenvalue weighted by Gasteiger charge is -2.46. The maximum Gasteiger partial charge on any atom is 0.303 e. The average molecular weight is 853 g/mol. The van der Waals surface area contributed by atoms with E-state index in [0.717, 1.165) is 62.3 Å². The Labute approximate surface area is 336 Å². The molecule has 3 aliphatic rings. The highest BCUT2D eigenvalue weighted by molar-refractivity contribution is 5.70. The molecule has 332 valence electrons. The van der Waals surface area contributed by atoms with E-state index in [1.54, 1.807) is 0 Å². The Kier molecular flexibility index (Phi) is 17.9. The van der Waals surface area contributed by atoms with Gasteiger partial charge >= 0.3 is 53.7 Å². The van der Waals surface area contributed by atoms with E-state index in [2.05, 4.69) is 0 Å².